The molecule has 15 heavy (non-hydrogen) atoms. The van der Waals surface area contributed by atoms with E-state index in [-0.39, 0.29) is 6.04 Å². The molecule has 0 radical (unpaired) electrons. The van der Waals surface area contributed by atoms with Gasteiger partial charge in [0.1, 0.15) is 5.75 Å². The second kappa shape index (κ2) is 4.14. The summed E-state index contributed by atoms with van der Waals surface area (Å²) in [5.74, 6) is 0.887. The Kier molecular flexibility index (Phi) is 3.03. The molecule has 0 amide bonds. The molecule has 0 aliphatic heterocycles. The van der Waals surface area contributed by atoms with E-state index < -0.39 is 0 Å². The molecule has 3 heteroatoms. The number of halogens is 1. The SMILES string of the molecule is Cc1ccc(Br)c([C@H](N)C2CCC2)c1O. The van der Waals surface area contributed by atoms with Crippen molar-refractivity contribution < 1.29 is 5.11 Å². The molecule has 0 unspecified atom stereocenters. The molecule has 1 saturated carbocycles. The van der Waals surface area contributed by atoms with Gasteiger partial charge in [0.25, 0.3) is 0 Å². The normalized spacial score (nSPS) is 18.6. The quantitative estimate of drug-likeness (QED) is 0.866. The Morgan fingerprint density at radius 2 is 2.13 bits per heavy atom. The molecule has 1 aromatic rings. The fraction of sp³-hybridized carbons (Fsp3) is 0.500. The highest BCUT2D eigenvalue weighted by atomic mass is 79.9. The van der Waals surface area contributed by atoms with Crippen LogP contribution in [0, 0.1) is 12.8 Å². The highest BCUT2D eigenvalue weighted by molar-refractivity contribution is 9.10. The van der Waals surface area contributed by atoms with E-state index in [1.165, 1.54) is 19.3 Å². The largest absolute Gasteiger partial charge is 0.507 e. The predicted octanol–water partition coefficient (Wildman–Crippen LogP) is 3.26. The number of hydrogen-bond acceptors (Lipinski definition) is 2. The van der Waals surface area contributed by atoms with Gasteiger partial charge in [-0.25, -0.2) is 0 Å². The molecular formula is C12H16BrNO. The summed E-state index contributed by atoms with van der Waals surface area (Å²) in [6.45, 7) is 1.90. The van der Waals surface area contributed by atoms with Gasteiger partial charge in [0, 0.05) is 16.1 Å². The Bertz CT molecular complexity index is 374. The summed E-state index contributed by atoms with van der Waals surface area (Å²) in [6.07, 6.45) is 3.63. The average Bonchev–Trinajstić information content (AvgIpc) is 2.09. The number of rotatable bonds is 2. The number of phenolic OH excluding ortho intramolecular Hbond substituents is 1. The number of nitrogens with two attached hydrogens (primary N) is 1. The van der Waals surface area contributed by atoms with Gasteiger partial charge in [0.05, 0.1) is 0 Å². The first-order valence-corrected chi connectivity index (χ1v) is 6.14. The zero-order valence-electron chi connectivity index (χ0n) is 8.83. The van der Waals surface area contributed by atoms with Gasteiger partial charge < -0.3 is 10.8 Å². The number of phenols is 1. The van der Waals surface area contributed by atoms with Crippen molar-refractivity contribution in [1.29, 1.82) is 0 Å². The molecule has 2 nitrogen and oxygen atoms in total. The summed E-state index contributed by atoms with van der Waals surface area (Å²) in [5.41, 5.74) is 7.95. The summed E-state index contributed by atoms with van der Waals surface area (Å²) in [4.78, 5) is 0. The van der Waals surface area contributed by atoms with Crippen molar-refractivity contribution in [3.8, 4) is 5.75 Å². The fourth-order valence-electron chi connectivity index (χ4n) is 2.04. The van der Waals surface area contributed by atoms with Crippen LogP contribution in [0.5, 0.6) is 5.75 Å². The minimum atomic E-state index is -0.0342. The van der Waals surface area contributed by atoms with Crippen LogP contribution in [0.2, 0.25) is 0 Å². The van der Waals surface area contributed by atoms with Crippen LogP contribution in [-0.2, 0) is 0 Å². The lowest BCUT2D eigenvalue weighted by atomic mass is 9.77. The van der Waals surface area contributed by atoms with Gasteiger partial charge in [0.15, 0.2) is 0 Å². The van der Waals surface area contributed by atoms with Crippen molar-refractivity contribution in [1.82, 2.24) is 0 Å². The van der Waals surface area contributed by atoms with Crippen LogP contribution in [-0.4, -0.2) is 5.11 Å². The minimum absolute atomic E-state index is 0.0342. The molecule has 1 fully saturated rings. The minimum Gasteiger partial charge on any atom is -0.507 e. The van der Waals surface area contributed by atoms with E-state index in [1.54, 1.807) is 0 Å². The van der Waals surface area contributed by atoms with E-state index in [1.807, 2.05) is 19.1 Å². The van der Waals surface area contributed by atoms with E-state index in [4.69, 9.17) is 5.73 Å². The molecule has 2 rings (SSSR count). The van der Waals surface area contributed by atoms with Gasteiger partial charge in [-0.3, -0.25) is 0 Å². The lowest BCUT2D eigenvalue weighted by Crippen LogP contribution is -2.27. The van der Waals surface area contributed by atoms with Crippen molar-refractivity contribution in [2.24, 2.45) is 11.7 Å². The van der Waals surface area contributed by atoms with Crippen LogP contribution >= 0.6 is 15.9 Å². The van der Waals surface area contributed by atoms with Crippen molar-refractivity contribution in [3.63, 3.8) is 0 Å². The summed E-state index contributed by atoms with van der Waals surface area (Å²) in [6, 6.07) is 3.83. The zero-order chi connectivity index (χ0) is 11.0. The molecule has 0 aromatic heterocycles. The molecule has 0 saturated heterocycles. The lowest BCUT2D eigenvalue weighted by Gasteiger charge is -2.32. The monoisotopic (exact) mass is 269 g/mol. The Morgan fingerprint density at radius 1 is 1.47 bits per heavy atom. The molecule has 1 atom stereocenters. The van der Waals surface area contributed by atoms with E-state index in [9.17, 15) is 5.11 Å². The fourth-order valence-corrected chi connectivity index (χ4v) is 2.63. The Hall–Kier alpha value is -0.540. The molecule has 1 aliphatic carbocycles. The maximum absolute atomic E-state index is 10.0. The molecule has 3 N–H and O–H groups in total. The van der Waals surface area contributed by atoms with Gasteiger partial charge in [-0.15, -0.1) is 0 Å². The maximum Gasteiger partial charge on any atom is 0.124 e. The first-order chi connectivity index (χ1) is 7.11. The highest BCUT2D eigenvalue weighted by Gasteiger charge is 2.28. The van der Waals surface area contributed by atoms with Gasteiger partial charge in [-0.05, 0) is 37.3 Å². The average molecular weight is 270 g/mol. The van der Waals surface area contributed by atoms with Gasteiger partial charge in [-0.2, -0.15) is 0 Å². The molecule has 0 spiro atoms. The van der Waals surface area contributed by atoms with Crippen molar-refractivity contribution in [2.45, 2.75) is 32.2 Å². The van der Waals surface area contributed by atoms with Crippen molar-refractivity contribution in [3.05, 3.63) is 27.7 Å². The number of aromatic hydroxyl groups is 1. The van der Waals surface area contributed by atoms with E-state index in [2.05, 4.69) is 15.9 Å². The molecule has 0 heterocycles. The smallest absolute Gasteiger partial charge is 0.124 e. The molecular weight excluding hydrogens is 254 g/mol. The van der Waals surface area contributed by atoms with Crippen LogP contribution < -0.4 is 5.73 Å². The summed E-state index contributed by atoms with van der Waals surface area (Å²) >= 11 is 3.46. The number of benzene rings is 1. The third-order valence-electron chi connectivity index (χ3n) is 3.36. The second-order valence-electron chi connectivity index (χ2n) is 4.34. The van der Waals surface area contributed by atoms with Crippen LogP contribution in [0.4, 0.5) is 0 Å². The van der Waals surface area contributed by atoms with E-state index in [0.717, 1.165) is 15.6 Å². The van der Waals surface area contributed by atoms with Crippen LogP contribution in [0.15, 0.2) is 16.6 Å². The first kappa shape index (κ1) is 11.0. The van der Waals surface area contributed by atoms with E-state index >= 15 is 0 Å². The second-order valence-corrected chi connectivity index (χ2v) is 5.20. The van der Waals surface area contributed by atoms with Crippen LogP contribution in [0.25, 0.3) is 0 Å². The third-order valence-corrected chi connectivity index (χ3v) is 4.05. The van der Waals surface area contributed by atoms with Gasteiger partial charge in [0.2, 0.25) is 0 Å². The third kappa shape index (κ3) is 1.91. The Balaban J connectivity index is 2.36. The highest BCUT2D eigenvalue weighted by Crippen LogP contribution is 2.42. The van der Waals surface area contributed by atoms with Gasteiger partial charge >= 0.3 is 0 Å². The summed E-state index contributed by atoms with van der Waals surface area (Å²) in [7, 11) is 0. The van der Waals surface area contributed by atoms with Gasteiger partial charge in [-0.1, -0.05) is 28.4 Å². The van der Waals surface area contributed by atoms with Crippen LogP contribution in [0.3, 0.4) is 0 Å². The summed E-state index contributed by atoms with van der Waals surface area (Å²) < 4.78 is 0.921. The summed E-state index contributed by atoms with van der Waals surface area (Å²) in [5, 5.41) is 10.0. The molecule has 0 bridgehead atoms. The van der Waals surface area contributed by atoms with E-state index in [0.29, 0.717) is 11.7 Å². The zero-order valence-corrected chi connectivity index (χ0v) is 10.4. The van der Waals surface area contributed by atoms with Crippen molar-refractivity contribution >= 4 is 15.9 Å². The Labute approximate surface area is 98.6 Å². The first-order valence-electron chi connectivity index (χ1n) is 5.35. The topological polar surface area (TPSA) is 46.2 Å². The lowest BCUT2D eigenvalue weighted by molar-refractivity contribution is 0.260. The maximum atomic E-state index is 10.0. The molecule has 1 aliphatic rings. The number of aryl methyl sites for hydroxylation is 1. The Morgan fingerprint density at radius 3 is 2.67 bits per heavy atom. The standard InChI is InChI=1S/C12H16BrNO/c1-7-5-6-9(13)10(12(7)15)11(14)8-3-2-4-8/h5-6,8,11,15H,2-4,14H2,1H3/t11-/m1/s1. The van der Waals surface area contributed by atoms with Crippen LogP contribution in [0.1, 0.15) is 36.4 Å². The molecule has 82 valence electrons. The predicted molar refractivity (Wildman–Crippen MR) is 64.8 cm³/mol. The number of hydrogen-bond donors (Lipinski definition) is 2. The molecule has 1 aromatic carbocycles. The van der Waals surface area contributed by atoms with Crippen molar-refractivity contribution in [2.75, 3.05) is 0 Å².